The molecule has 5 heteroatoms. The largest absolute Gasteiger partial charge is 0.480 e. The van der Waals surface area contributed by atoms with Gasteiger partial charge in [-0.05, 0) is 31.0 Å². The normalized spacial score (nSPS) is 12.1. The Morgan fingerprint density at radius 2 is 1.94 bits per heavy atom. The molecule has 0 amide bonds. The lowest BCUT2D eigenvalue weighted by Gasteiger charge is -2.07. The van der Waals surface area contributed by atoms with Crippen molar-refractivity contribution in [2.24, 2.45) is 5.73 Å². The van der Waals surface area contributed by atoms with E-state index in [-0.39, 0.29) is 5.78 Å². The zero-order valence-electron chi connectivity index (χ0n) is 9.55. The molecular weight excluding hydrogens is 238 g/mol. The number of hydrogen-bond donors (Lipinski definition) is 2. The lowest BCUT2D eigenvalue weighted by Crippen LogP contribution is -2.32. The van der Waals surface area contributed by atoms with Crippen molar-refractivity contribution in [2.45, 2.75) is 24.3 Å². The monoisotopic (exact) mass is 253 g/mol. The van der Waals surface area contributed by atoms with Gasteiger partial charge in [0.05, 0.1) is 5.75 Å². The van der Waals surface area contributed by atoms with Gasteiger partial charge in [0.1, 0.15) is 11.8 Å². The van der Waals surface area contributed by atoms with Gasteiger partial charge in [-0.15, -0.1) is 11.8 Å². The minimum Gasteiger partial charge on any atom is -0.480 e. The van der Waals surface area contributed by atoms with Crippen LogP contribution in [0.2, 0.25) is 0 Å². The van der Waals surface area contributed by atoms with Crippen LogP contribution >= 0.6 is 11.8 Å². The van der Waals surface area contributed by atoms with Crippen LogP contribution in [0.4, 0.5) is 0 Å². The van der Waals surface area contributed by atoms with Crippen molar-refractivity contribution < 1.29 is 14.7 Å². The van der Waals surface area contributed by atoms with Crippen LogP contribution in [0.25, 0.3) is 0 Å². The fourth-order valence-corrected chi connectivity index (χ4v) is 1.95. The number of hydrogen-bond acceptors (Lipinski definition) is 4. The minimum absolute atomic E-state index is 0.131. The molecule has 92 valence electrons. The standard InChI is InChI=1S/C12H15NO3S/c1-8(14)7-17-10-4-2-9(3-5-10)6-11(13)12(15)16/h2-5,11H,6-7,13H2,1H3,(H,15,16). The molecule has 0 spiro atoms. The maximum absolute atomic E-state index is 10.8. The van der Waals surface area contributed by atoms with Crippen LogP contribution in [-0.2, 0) is 16.0 Å². The van der Waals surface area contributed by atoms with Gasteiger partial charge in [-0.2, -0.15) is 0 Å². The Kier molecular flexibility index (Phi) is 5.18. The molecular formula is C12H15NO3S. The summed E-state index contributed by atoms with van der Waals surface area (Å²) in [6.45, 7) is 1.55. The molecule has 0 aliphatic heterocycles. The molecule has 0 aliphatic rings. The Morgan fingerprint density at radius 1 is 1.35 bits per heavy atom. The second-order valence-corrected chi connectivity index (χ2v) is 4.83. The molecule has 0 radical (unpaired) electrons. The summed E-state index contributed by atoms with van der Waals surface area (Å²) < 4.78 is 0. The number of rotatable bonds is 6. The number of carboxylic acids is 1. The Labute approximate surface area is 104 Å². The van der Waals surface area contributed by atoms with Gasteiger partial charge in [-0.1, -0.05) is 12.1 Å². The number of Topliss-reactive ketones (excluding diaryl/α,β-unsaturated/α-hetero) is 1. The highest BCUT2D eigenvalue weighted by molar-refractivity contribution is 8.00. The Balaban J connectivity index is 2.55. The molecule has 0 heterocycles. The van der Waals surface area contributed by atoms with E-state index in [1.54, 1.807) is 6.92 Å². The molecule has 0 aromatic heterocycles. The van der Waals surface area contributed by atoms with E-state index in [2.05, 4.69) is 0 Å². The molecule has 1 aromatic carbocycles. The molecule has 1 atom stereocenters. The first-order valence-electron chi connectivity index (χ1n) is 5.18. The molecule has 0 aliphatic carbocycles. The fourth-order valence-electron chi connectivity index (χ4n) is 1.25. The number of carbonyl (C=O) groups is 2. The molecule has 0 saturated heterocycles. The maximum Gasteiger partial charge on any atom is 0.320 e. The highest BCUT2D eigenvalue weighted by atomic mass is 32.2. The van der Waals surface area contributed by atoms with Gasteiger partial charge < -0.3 is 10.8 Å². The number of ketones is 1. The van der Waals surface area contributed by atoms with E-state index in [1.807, 2.05) is 24.3 Å². The van der Waals surface area contributed by atoms with Crippen LogP contribution in [0.15, 0.2) is 29.2 Å². The summed E-state index contributed by atoms with van der Waals surface area (Å²) in [5.41, 5.74) is 6.32. The number of benzene rings is 1. The number of aliphatic carboxylic acids is 1. The van der Waals surface area contributed by atoms with Gasteiger partial charge in [-0.3, -0.25) is 9.59 Å². The third-order valence-electron chi connectivity index (χ3n) is 2.14. The second kappa shape index (κ2) is 6.42. The molecule has 3 N–H and O–H groups in total. The molecule has 17 heavy (non-hydrogen) atoms. The lowest BCUT2D eigenvalue weighted by atomic mass is 10.1. The van der Waals surface area contributed by atoms with Crippen molar-refractivity contribution in [3.63, 3.8) is 0 Å². The van der Waals surface area contributed by atoms with Gasteiger partial charge in [0.2, 0.25) is 0 Å². The van der Waals surface area contributed by atoms with Gasteiger partial charge in [0, 0.05) is 4.90 Å². The summed E-state index contributed by atoms with van der Waals surface area (Å²) in [6, 6.07) is 6.55. The third-order valence-corrected chi connectivity index (χ3v) is 3.29. The van der Waals surface area contributed by atoms with Gasteiger partial charge in [-0.25, -0.2) is 0 Å². The average Bonchev–Trinajstić information content (AvgIpc) is 2.28. The molecule has 1 unspecified atom stereocenters. The number of carbonyl (C=O) groups excluding carboxylic acids is 1. The van der Waals surface area contributed by atoms with E-state index >= 15 is 0 Å². The van der Waals surface area contributed by atoms with Crippen LogP contribution < -0.4 is 5.73 Å². The third kappa shape index (κ3) is 5.01. The SMILES string of the molecule is CC(=O)CSc1ccc(CC(N)C(=O)O)cc1. The van der Waals surface area contributed by atoms with Gasteiger partial charge in [0.15, 0.2) is 0 Å². The Morgan fingerprint density at radius 3 is 2.41 bits per heavy atom. The predicted octanol–water partition coefficient (Wildman–Crippen LogP) is 1.32. The van der Waals surface area contributed by atoms with Crippen molar-refractivity contribution in [3.8, 4) is 0 Å². The topological polar surface area (TPSA) is 80.4 Å². The highest BCUT2D eigenvalue weighted by Gasteiger charge is 2.11. The summed E-state index contributed by atoms with van der Waals surface area (Å²) in [5.74, 6) is -0.416. The zero-order valence-corrected chi connectivity index (χ0v) is 10.4. The zero-order chi connectivity index (χ0) is 12.8. The van der Waals surface area contributed by atoms with E-state index in [9.17, 15) is 9.59 Å². The van der Waals surface area contributed by atoms with Crippen molar-refractivity contribution in [2.75, 3.05) is 5.75 Å². The van der Waals surface area contributed by atoms with Crippen molar-refractivity contribution in [1.82, 2.24) is 0 Å². The number of carboxylic acid groups (broad SMARTS) is 1. The lowest BCUT2D eigenvalue weighted by molar-refractivity contribution is -0.138. The van der Waals surface area contributed by atoms with Crippen LogP contribution in [0, 0.1) is 0 Å². The highest BCUT2D eigenvalue weighted by Crippen LogP contribution is 2.18. The number of thioether (sulfide) groups is 1. The van der Waals surface area contributed by atoms with Gasteiger partial charge >= 0.3 is 5.97 Å². The first-order chi connectivity index (χ1) is 7.99. The summed E-state index contributed by atoms with van der Waals surface area (Å²) in [6.07, 6.45) is 0.312. The number of nitrogens with two attached hydrogens (primary N) is 1. The van der Waals surface area contributed by atoms with E-state index in [0.717, 1.165) is 10.5 Å². The van der Waals surface area contributed by atoms with Crippen molar-refractivity contribution >= 4 is 23.5 Å². The van der Waals surface area contributed by atoms with Crippen molar-refractivity contribution in [1.29, 1.82) is 0 Å². The van der Waals surface area contributed by atoms with Crippen LogP contribution in [0.3, 0.4) is 0 Å². The summed E-state index contributed by atoms with van der Waals surface area (Å²) in [5, 5.41) is 8.68. The molecule has 1 aromatic rings. The van der Waals surface area contributed by atoms with Crippen LogP contribution in [-0.4, -0.2) is 28.7 Å². The second-order valence-electron chi connectivity index (χ2n) is 3.78. The summed E-state index contributed by atoms with van der Waals surface area (Å²) in [7, 11) is 0. The summed E-state index contributed by atoms with van der Waals surface area (Å²) >= 11 is 1.47. The van der Waals surface area contributed by atoms with Crippen LogP contribution in [0.5, 0.6) is 0 Å². The minimum atomic E-state index is -1.000. The average molecular weight is 253 g/mol. The smallest absolute Gasteiger partial charge is 0.320 e. The van der Waals surface area contributed by atoms with E-state index < -0.39 is 12.0 Å². The van der Waals surface area contributed by atoms with Crippen LogP contribution in [0.1, 0.15) is 12.5 Å². The summed E-state index contributed by atoms with van der Waals surface area (Å²) in [4.78, 5) is 22.4. The predicted molar refractivity (Wildman–Crippen MR) is 67.2 cm³/mol. The fraction of sp³-hybridized carbons (Fsp3) is 0.333. The molecule has 0 fully saturated rings. The maximum atomic E-state index is 10.8. The van der Waals surface area contributed by atoms with E-state index in [1.165, 1.54) is 11.8 Å². The Hall–Kier alpha value is -1.33. The molecule has 0 saturated carbocycles. The first kappa shape index (κ1) is 13.7. The molecule has 0 bridgehead atoms. The van der Waals surface area contributed by atoms with E-state index in [4.69, 9.17) is 10.8 Å². The molecule has 4 nitrogen and oxygen atoms in total. The van der Waals surface area contributed by atoms with E-state index in [0.29, 0.717) is 12.2 Å². The first-order valence-corrected chi connectivity index (χ1v) is 6.17. The Bertz CT molecular complexity index is 403. The quantitative estimate of drug-likeness (QED) is 0.747. The van der Waals surface area contributed by atoms with Gasteiger partial charge in [0.25, 0.3) is 0 Å². The van der Waals surface area contributed by atoms with Crippen molar-refractivity contribution in [3.05, 3.63) is 29.8 Å². The molecule has 1 rings (SSSR count).